The fourth-order valence-corrected chi connectivity index (χ4v) is 8.06. The summed E-state index contributed by atoms with van der Waals surface area (Å²) >= 11 is 6.23. The van der Waals surface area contributed by atoms with E-state index in [0.29, 0.717) is 25.7 Å². The Bertz CT molecular complexity index is 1830. The number of nitrogens with zero attached hydrogens (tertiary/aromatic N) is 2. The van der Waals surface area contributed by atoms with Crippen LogP contribution < -0.4 is 10.1 Å². The van der Waals surface area contributed by atoms with Crippen molar-refractivity contribution in [1.82, 2.24) is 10.2 Å². The van der Waals surface area contributed by atoms with Gasteiger partial charge in [-0.15, -0.1) is 0 Å². The summed E-state index contributed by atoms with van der Waals surface area (Å²) in [6, 6.07) is 18.4. The smallest absolute Gasteiger partial charge is 0.422 e. The first kappa shape index (κ1) is 31.0. The van der Waals surface area contributed by atoms with Crippen LogP contribution in [0.5, 0.6) is 5.75 Å². The molecule has 2 saturated carbocycles. The first-order valence-corrected chi connectivity index (χ1v) is 16.1. The number of hydrogen-bond donors (Lipinski definition) is 1. The summed E-state index contributed by atoms with van der Waals surface area (Å²) in [5.74, 6) is -0.660. The van der Waals surface area contributed by atoms with Gasteiger partial charge in [0.2, 0.25) is 5.91 Å². The number of fused-ring (bicyclic) bond motifs is 1. The summed E-state index contributed by atoms with van der Waals surface area (Å²) in [4.78, 5) is 28.1. The maximum Gasteiger partial charge on any atom is 0.422 e. The molecule has 2 atom stereocenters. The molecule has 0 unspecified atom stereocenters. The number of carbonyl (C=O) groups is 2. The van der Waals surface area contributed by atoms with Gasteiger partial charge in [-0.3, -0.25) is 4.79 Å². The second kappa shape index (κ2) is 11.1. The summed E-state index contributed by atoms with van der Waals surface area (Å²) in [6.07, 6.45) is -5.21. The van der Waals surface area contributed by atoms with E-state index < -0.39 is 57.1 Å². The highest BCUT2D eigenvalue weighted by Crippen LogP contribution is 2.53. The normalized spacial score (nSPS) is 21.5. The number of hydrogen-bond acceptors (Lipinski definition) is 7. The van der Waals surface area contributed by atoms with Crippen LogP contribution in [0.25, 0.3) is 10.8 Å². The number of likely N-dealkylation sites (tertiary alicyclic amines) is 1. The molecule has 6 rings (SSSR count). The minimum atomic E-state index is -4.60. The number of sulfone groups is 1. The Kier molecular flexibility index (Phi) is 7.64. The van der Waals surface area contributed by atoms with E-state index in [-0.39, 0.29) is 28.6 Å². The van der Waals surface area contributed by atoms with Crippen LogP contribution in [-0.4, -0.2) is 61.7 Å². The fraction of sp³-hybridized carbons (Fsp3) is 0.387. The van der Waals surface area contributed by atoms with Crippen molar-refractivity contribution in [3.8, 4) is 11.8 Å². The van der Waals surface area contributed by atoms with Crippen molar-refractivity contribution in [1.29, 1.82) is 5.26 Å². The Balaban J connectivity index is 1.29. The number of alkyl carbamates (subject to hydrolysis) is 1. The van der Waals surface area contributed by atoms with Crippen molar-refractivity contribution in [2.75, 3.05) is 13.2 Å². The number of alkyl halides is 3. The third-order valence-electron chi connectivity index (χ3n) is 8.54. The van der Waals surface area contributed by atoms with Gasteiger partial charge in [0.15, 0.2) is 22.7 Å². The van der Waals surface area contributed by atoms with Crippen molar-refractivity contribution >= 4 is 44.2 Å². The van der Waals surface area contributed by atoms with Crippen LogP contribution in [0, 0.1) is 11.3 Å². The summed E-state index contributed by atoms with van der Waals surface area (Å²) < 4.78 is 75.7. The molecule has 3 fully saturated rings. The zero-order valence-electron chi connectivity index (χ0n) is 23.6. The molecule has 14 heteroatoms. The highest BCUT2D eigenvalue weighted by Gasteiger charge is 2.58. The van der Waals surface area contributed by atoms with E-state index in [1.54, 1.807) is 0 Å². The predicted octanol–water partition coefficient (Wildman–Crippen LogP) is 5.65. The van der Waals surface area contributed by atoms with E-state index in [2.05, 4.69) is 10.1 Å². The Morgan fingerprint density at radius 3 is 2.42 bits per heavy atom. The second-order valence-corrected chi connectivity index (χ2v) is 14.2. The molecule has 9 nitrogen and oxygen atoms in total. The van der Waals surface area contributed by atoms with Crippen molar-refractivity contribution < 1.29 is 40.7 Å². The number of carbonyl (C=O) groups excluding carboxylic acids is 2. The van der Waals surface area contributed by atoms with E-state index in [4.69, 9.17) is 16.3 Å². The zero-order valence-corrected chi connectivity index (χ0v) is 25.2. The van der Waals surface area contributed by atoms with Gasteiger partial charge in [0.05, 0.1) is 26.7 Å². The first-order chi connectivity index (χ1) is 21.3. The lowest BCUT2D eigenvalue weighted by molar-refractivity contribution is -0.153. The molecule has 0 spiro atoms. The highest BCUT2D eigenvalue weighted by molar-refractivity contribution is 7.92. The highest BCUT2D eigenvalue weighted by atomic mass is 35.5. The topological polar surface area (TPSA) is 126 Å². The molecule has 3 aliphatic rings. The van der Waals surface area contributed by atoms with Gasteiger partial charge < -0.3 is 19.7 Å². The number of benzene rings is 3. The molecule has 0 aromatic heterocycles. The van der Waals surface area contributed by atoms with Gasteiger partial charge in [0.25, 0.3) is 0 Å². The van der Waals surface area contributed by atoms with Crippen LogP contribution in [-0.2, 0) is 24.8 Å². The van der Waals surface area contributed by atoms with Gasteiger partial charge in [-0.2, -0.15) is 18.4 Å². The summed E-state index contributed by atoms with van der Waals surface area (Å²) in [5, 5.41) is 12.1. The van der Waals surface area contributed by atoms with Gasteiger partial charge in [0, 0.05) is 19.0 Å². The van der Waals surface area contributed by atoms with Crippen LogP contribution >= 0.6 is 11.6 Å². The SMILES string of the molecule is N#CC1(NC(=O)O[C@H]2C[C@@H](S(=O)(=O)c3ccc(OCC(F)(F)F)cc3Cl)CN2C(=O)C2(c3cccc4ccccc34)CC2)CC1. The molecule has 0 bridgehead atoms. The maximum absolute atomic E-state index is 14.3. The number of halogens is 4. The molecule has 0 radical (unpaired) electrons. The Morgan fingerprint density at radius 2 is 1.78 bits per heavy atom. The Hall–Kier alpha value is -4.02. The van der Waals surface area contributed by atoms with Crippen LogP contribution in [0.15, 0.2) is 65.6 Å². The third-order valence-corrected chi connectivity index (χ3v) is 11.2. The quantitative estimate of drug-likeness (QED) is 0.331. The van der Waals surface area contributed by atoms with Crippen LogP contribution in [0.2, 0.25) is 5.02 Å². The largest absolute Gasteiger partial charge is 0.484 e. The molecule has 1 aliphatic heterocycles. The fourth-order valence-electron chi connectivity index (χ4n) is 5.84. The number of ether oxygens (including phenoxy) is 2. The van der Waals surface area contributed by atoms with Crippen molar-refractivity contribution in [2.24, 2.45) is 0 Å². The zero-order chi connectivity index (χ0) is 32.2. The second-order valence-electron chi connectivity index (χ2n) is 11.6. The van der Waals surface area contributed by atoms with Gasteiger partial charge in [-0.1, -0.05) is 54.1 Å². The van der Waals surface area contributed by atoms with Crippen molar-refractivity contribution in [3.05, 3.63) is 71.2 Å². The minimum Gasteiger partial charge on any atom is -0.484 e. The van der Waals surface area contributed by atoms with Crippen LogP contribution in [0.3, 0.4) is 0 Å². The van der Waals surface area contributed by atoms with Gasteiger partial charge in [-0.25, -0.2) is 13.2 Å². The number of rotatable bonds is 8. The van der Waals surface area contributed by atoms with E-state index >= 15 is 0 Å². The Labute approximate surface area is 261 Å². The van der Waals surface area contributed by atoms with Gasteiger partial charge in [-0.05, 0) is 54.2 Å². The molecule has 1 saturated heterocycles. The standard InChI is InChI=1S/C31H27ClF3N3O6S/c32-24-14-20(43-18-31(33,34)35)8-9-25(24)45(41,42)21-15-26(44-28(40)37-29(17-36)10-11-29)38(16-21)27(39)30(12-13-30)23-7-3-5-19-4-1-2-6-22(19)23/h1-9,14,21,26H,10-13,15-16,18H2,(H,37,40)/t21-,26+/m1/s1. The molecule has 2 aliphatic carbocycles. The minimum absolute atomic E-state index is 0.269. The lowest BCUT2D eigenvalue weighted by atomic mass is 9.89. The lowest BCUT2D eigenvalue weighted by Crippen LogP contribution is -2.47. The monoisotopic (exact) mass is 661 g/mol. The lowest BCUT2D eigenvalue weighted by Gasteiger charge is -2.29. The van der Waals surface area contributed by atoms with Crippen molar-refractivity contribution in [2.45, 2.75) is 65.6 Å². The van der Waals surface area contributed by atoms with Gasteiger partial charge >= 0.3 is 12.3 Å². The average Bonchev–Trinajstić information content (AvgIpc) is 3.92. The molecule has 1 heterocycles. The van der Waals surface area contributed by atoms with Gasteiger partial charge in [0.1, 0.15) is 11.3 Å². The summed E-state index contributed by atoms with van der Waals surface area (Å²) in [5.41, 5.74) is -1.21. The molecule has 45 heavy (non-hydrogen) atoms. The van der Waals surface area contributed by atoms with E-state index in [9.17, 15) is 36.4 Å². The molecule has 1 N–H and O–H groups in total. The average molecular weight is 662 g/mol. The first-order valence-electron chi connectivity index (χ1n) is 14.2. The predicted molar refractivity (Wildman–Crippen MR) is 156 cm³/mol. The molecule has 3 aromatic rings. The molecular formula is C31H27ClF3N3O6S. The number of nitriles is 1. The van der Waals surface area contributed by atoms with Crippen LogP contribution in [0.1, 0.15) is 37.7 Å². The van der Waals surface area contributed by atoms with E-state index in [1.165, 1.54) is 4.90 Å². The third kappa shape index (κ3) is 6.01. The maximum atomic E-state index is 14.3. The summed E-state index contributed by atoms with van der Waals surface area (Å²) in [7, 11) is -4.28. The number of nitrogens with one attached hydrogen (secondary N) is 1. The number of amides is 2. The summed E-state index contributed by atoms with van der Waals surface area (Å²) in [6.45, 7) is -1.90. The molecule has 2 amide bonds. The van der Waals surface area contributed by atoms with Crippen molar-refractivity contribution in [3.63, 3.8) is 0 Å². The van der Waals surface area contributed by atoms with Crippen LogP contribution in [0.4, 0.5) is 18.0 Å². The Morgan fingerprint density at radius 1 is 1.07 bits per heavy atom. The molecule has 236 valence electrons. The van der Waals surface area contributed by atoms with E-state index in [1.807, 2.05) is 48.5 Å². The van der Waals surface area contributed by atoms with E-state index in [0.717, 1.165) is 34.5 Å². The molecular weight excluding hydrogens is 635 g/mol. The molecule has 3 aromatic carbocycles.